The van der Waals surface area contributed by atoms with Crippen molar-refractivity contribution in [1.29, 1.82) is 0 Å². The van der Waals surface area contributed by atoms with E-state index in [0.717, 1.165) is 17.3 Å². The van der Waals surface area contributed by atoms with Crippen molar-refractivity contribution in [3.8, 4) is 0 Å². The van der Waals surface area contributed by atoms with Crippen LogP contribution in [0.1, 0.15) is 24.8 Å². The number of rotatable bonds is 5. The van der Waals surface area contributed by atoms with Gasteiger partial charge in [0, 0.05) is 23.0 Å². The lowest BCUT2D eigenvalue weighted by Crippen LogP contribution is -2.48. The molecule has 0 radical (unpaired) electrons. The minimum atomic E-state index is -0.213. The van der Waals surface area contributed by atoms with E-state index < -0.39 is 0 Å². The predicted octanol–water partition coefficient (Wildman–Crippen LogP) is 2.16. The summed E-state index contributed by atoms with van der Waals surface area (Å²) in [5, 5.41) is 14.2. The van der Waals surface area contributed by atoms with Crippen LogP contribution in [0.4, 0.5) is 4.79 Å². The van der Waals surface area contributed by atoms with Gasteiger partial charge in [0.15, 0.2) is 0 Å². The average Bonchev–Trinajstić information content (AvgIpc) is 2.35. The maximum Gasteiger partial charge on any atom is 0.314 e. The van der Waals surface area contributed by atoms with Gasteiger partial charge in [-0.2, -0.15) is 0 Å². The molecule has 104 valence electrons. The van der Waals surface area contributed by atoms with Crippen LogP contribution in [0.2, 0.25) is 0 Å². The summed E-state index contributed by atoms with van der Waals surface area (Å²) in [5.41, 5.74) is 1.34. The van der Waals surface area contributed by atoms with Crippen molar-refractivity contribution in [2.24, 2.45) is 0 Å². The van der Waals surface area contributed by atoms with Gasteiger partial charge in [0.1, 0.15) is 0 Å². The molecule has 19 heavy (non-hydrogen) atoms. The first kappa shape index (κ1) is 14.3. The van der Waals surface area contributed by atoms with E-state index in [4.69, 9.17) is 5.11 Å². The second-order valence-electron chi connectivity index (χ2n) is 4.98. The molecular formula is C14H19BrN2O2. The van der Waals surface area contributed by atoms with Crippen molar-refractivity contribution in [2.45, 2.75) is 24.7 Å². The summed E-state index contributed by atoms with van der Waals surface area (Å²) >= 11 is 3.49. The number of aliphatic hydroxyl groups is 1. The van der Waals surface area contributed by atoms with Gasteiger partial charge < -0.3 is 15.7 Å². The highest BCUT2D eigenvalue weighted by atomic mass is 79.9. The Bertz CT molecular complexity index is 447. The molecule has 0 heterocycles. The van der Waals surface area contributed by atoms with Gasteiger partial charge in [-0.25, -0.2) is 4.79 Å². The normalized spacial score (nSPS) is 16.5. The van der Waals surface area contributed by atoms with Gasteiger partial charge in [0.05, 0.1) is 6.61 Å². The standard InChI is InChI=1S/C14H19BrN2O2/c15-12-4-1-3-11(9-12)14(5-2-6-14)10-17-13(19)16-7-8-18/h1,3-4,9,18H,2,5-8,10H2,(H2,16,17,19). The molecule has 1 aromatic carbocycles. The summed E-state index contributed by atoms with van der Waals surface area (Å²) in [7, 11) is 0. The largest absolute Gasteiger partial charge is 0.395 e. The molecule has 1 aliphatic rings. The number of hydrogen-bond acceptors (Lipinski definition) is 2. The molecule has 5 heteroatoms. The van der Waals surface area contributed by atoms with Gasteiger partial charge >= 0.3 is 6.03 Å². The predicted molar refractivity (Wildman–Crippen MR) is 78.2 cm³/mol. The summed E-state index contributed by atoms with van der Waals surface area (Å²) in [4.78, 5) is 11.5. The fourth-order valence-electron chi connectivity index (χ4n) is 2.47. The van der Waals surface area contributed by atoms with Gasteiger partial charge in [-0.15, -0.1) is 0 Å². The molecule has 2 amide bonds. The van der Waals surface area contributed by atoms with Crippen LogP contribution in [0.5, 0.6) is 0 Å². The number of nitrogens with one attached hydrogen (secondary N) is 2. The number of urea groups is 1. The van der Waals surface area contributed by atoms with E-state index in [1.165, 1.54) is 12.0 Å². The van der Waals surface area contributed by atoms with E-state index in [1.807, 2.05) is 12.1 Å². The number of carbonyl (C=O) groups excluding carboxylic acids is 1. The van der Waals surface area contributed by atoms with Crippen molar-refractivity contribution in [1.82, 2.24) is 10.6 Å². The van der Waals surface area contributed by atoms with Crippen molar-refractivity contribution in [3.05, 3.63) is 34.3 Å². The van der Waals surface area contributed by atoms with Gasteiger partial charge in [0.25, 0.3) is 0 Å². The molecule has 0 unspecified atom stereocenters. The zero-order chi connectivity index (χ0) is 13.7. The SMILES string of the molecule is O=C(NCCO)NCC1(c2cccc(Br)c2)CCC1. The number of halogens is 1. The quantitative estimate of drug-likeness (QED) is 0.776. The maximum atomic E-state index is 11.5. The highest BCUT2D eigenvalue weighted by Crippen LogP contribution is 2.43. The second kappa shape index (κ2) is 6.39. The molecule has 2 rings (SSSR count). The van der Waals surface area contributed by atoms with E-state index in [0.29, 0.717) is 6.54 Å². The Morgan fingerprint density at radius 1 is 1.37 bits per heavy atom. The molecule has 0 atom stereocenters. The molecule has 1 aromatic rings. The smallest absolute Gasteiger partial charge is 0.314 e. The van der Waals surface area contributed by atoms with Crippen LogP contribution < -0.4 is 10.6 Å². The van der Waals surface area contributed by atoms with E-state index >= 15 is 0 Å². The van der Waals surface area contributed by atoms with Crippen LogP contribution >= 0.6 is 15.9 Å². The van der Waals surface area contributed by atoms with Crippen molar-refractivity contribution >= 4 is 22.0 Å². The average molecular weight is 327 g/mol. The highest BCUT2D eigenvalue weighted by Gasteiger charge is 2.38. The number of hydrogen-bond donors (Lipinski definition) is 3. The molecule has 1 fully saturated rings. The van der Waals surface area contributed by atoms with Gasteiger partial charge in [-0.1, -0.05) is 34.5 Å². The topological polar surface area (TPSA) is 61.4 Å². The number of benzene rings is 1. The fraction of sp³-hybridized carbons (Fsp3) is 0.500. The summed E-state index contributed by atoms with van der Waals surface area (Å²) in [5.74, 6) is 0. The molecule has 0 aliphatic heterocycles. The monoisotopic (exact) mass is 326 g/mol. The van der Waals surface area contributed by atoms with Crippen LogP contribution in [0.15, 0.2) is 28.7 Å². The van der Waals surface area contributed by atoms with E-state index in [1.54, 1.807) is 0 Å². The van der Waals surface area contributed by atoms with E-state index in [2.05, 4.69) is 38.7 Å². The summed E-state index contributed by atoms with van der Waals surface area (Å²) < 4.78 is 1.07. The molecule has 1 saturated carbocycles. The third-order valence-electron chi connectivity index (χ3n) is 3.73. The Labute approximate surface area is 121 Å². The Balaban J connectivity index is 1.97. The Morgan fingerprint density at radius 3 is 2.74 bits per heavy atom. The third-order valence-corrected chi connectivity index (χ3v) is 4.23. The van der Waals surface area contributed by atoms with E-state index in [-0.39, 0.29) is 24.6 Å². The fourth-order valence-corrected chi connectivity index (χ4v) is 2.87. The first-order chi connectivity index (χ1) is 9.16. The van der Waals surface area contributed by atoms with Crippen molar-refractivity contribution in [3.63, 3.8) is 0 Å². The maximum absolute atomic E-state index is 11.5. The van der Waals surface area contributed by atoms with Crippen LogP contribution in [0.25, 0.3) is 0 Å². The minimum Gasteiger partial charge on any atom is -0.395 e. The highest BCUT2D eigenvalue weighted by molar-refractivity contribution is 9.10. The van der Waals surface area contributed by atoms with Crippen molar-refractivity contribution < 1.29 is 9.90 Å². The summed E-state index contributed by atoms with van der Waals surface area (Å²) in [6.45, 7) is 0.890. The molecule has 0 saturated heterocycles. The van der Waals surface area contributed by atoms with Crippen LogP contribution in [0.3, 0.4) is 0 Å². The Hall–Kier alpha value is -1.07. The first-order valence-electron chi connectivity index (χ1n) is 6.55. The zero-order valence-electron chi connectivity index (χ0n) is 10.8. The molecule has 0 spiro atoms. The lowest BCUT2D eigenvalue weighted by molar-refractivity contribution is 0.212. The van der Waals surface area contributed by atoms with E-state index in [9.17, 15) is 4.79 Å². The first-order valence-corrected chi connectivity index (χ1v) is 7.34. The molecule has 4 nitrogen and oxygen atoms in total. The van der Waals surface area contributed by atoms with Gasteiger partial charge in [-0.3, -0.25) is 0 Å². The molecular weight excluding hydrogens is 308 g/mol. The summed E-state index contributed by atoms with van der Waals surface area (Å²) in [6, 6.07) is 8.09. The van der Waals surface area contributed by atoms with Gasteiger partial charge in [0.2, 0.25) is 0 Å². The van der Waals surface area contributed by atoms with Crippen LogP contribution in [-0.4, -0.2) is 30.8 Å². The van der Waals surface area contributed by atoms with Crippen molar-refractivity contribution in [2.75, 3.05) is 19.7 Å². The molecule has 0 aromatic heterocycles. The Kier molecular flexibility index (Phi) is 4.82. The number of carbonyl (C=O) groups is 1. The van der Waals surface area contributed by atoms with Crippen LogP contribution in [0, 0.1) is 0 Å². The lowest BCUT2D eigenvalue weighted by atomic mass is 9.64. The summed E-state index contributed by atoms with van der Waals surface area (Å²) in [6.07, 6.45) is 3.40. The minimum absolute atomic E-state index is 0.0375. The molecule has 0 bridgehead atoms. The molecule has 3 N–H and O–H groups in total. The lowest BCUT2D eigenvalue weighted by Gasteiger charge is -2.42. The zero-order valence-corrected chi connectivity index (χ0v) is 12.4. The number of aliphatic hydroxyl groups excluding tert-OH is 1. The molecule has 1 aliphatic carbocycles. The van der Waals surface area contributed by atoms with Gasteiger partial charge in [-0.05, 0) is 30.5 Å². The third kappa shape index (κ3) is 3.48. The second-order valence-corrected chi connectivity index (χ2v) is 5.89. The van der Waals surface area contributed by atoms with Crippen LogP contribution in [-0.2, 0) is 5.41 Å². The number of amides is 2. The Morgan fingerprint density at radius 2 is 2.16 bits per heavy atom.